The Labute approximate surface area is 168 Å². The van der Waals surface area contributed by atoms with Gasteiger partial charge < -0.3 is 9.73 Å². The fraction of sp³-hybridized carbons (Fsp3) is 0.421. The monoisotopic (exact) mass is 421 g/mol. The van der Waals surface area contributed by atoms with Gasteiger partial charge in [-0.25, -0.2) is 13.1 Å². The van der Waals surface area contributed by atoms with Crippen molar-refractivity contribution in [2.24, 2.45) is 5.92 Å². The molecule has 2 atom stereocenters. The molecule has 156 valence electrons. The molecule has 1 heterocycles. The first-order chi connectivity index (χ1) is 13.8. The summed E-state index contributed by atoms with van der Waals surface area (Å²) in [6.45, 7) is 2.25. The first kappa shape index (κ1) is 21.0. The number of non-ortho nitro benzene ring substituents is 1. The van der Waals surface area contributed by atoms with Gasteiger partial charge in [-0.15, -0.1) is 0 Å². The highest BCUT2D eigenvalue weighted by Crippen LogP contribution is 2.47. The maximum Gasteiger partial charge on any atom is 0.270 e. The predicted octanol–water partition coefficient (Wildman–Crippen LogP) is 2.34. The maximum atomic E-state index is 12.2. The number of hydrogen-bond acceptors (Lipinski definition) is 6. The summed E-state index contributed by atoms with van der Waals surface area (Å²) in [7, 11) is -3.89. The largest absolute Gasteiger partial charge is 0.466 e. The molecule has 2 unspecified atom stereocenters. The van der Waals surface area contributed by atoms with Gasteiger partial charge in [-0.1, -0.05) is 13.0 Å². The molecule has 3 rings (SSSR count). The van der Waals surface area contributed by atoms with Gasteiger partial charge in [-0.05, 0) is 30.5 Å². The van der Waals surface area contributed by atoms with E-state index in [4.69, 9.17) is 4.42 Å². The zero-order chi connectivity index (χ0) is 21.0. The van der Waals surface area contributed by atoms with Gasteiger partial charge in [0, 0.05) is 44.0 Å². The molecule has 10 heteroatoms. The summed E-state index contributed by atoms with van der Waals surface area (Å²) < 4.78 is 32.4. The minimum atomic E-state index is -3.89. The van der Waals surface area contributed by atoms with E-state index in [1.54, 1.807) is 0 Å². The molecule has 1 aromatic carbocycles. The topological polar surface area (TPSA) is 132 Å². The van der Waals surface area contributed by atoms with Gasteiger partial charge >= 0.3 is 0 Å². The number of nitrogens with zero attached hydrogens (tertiary/aromatic N) is 1. The first-order valence-corrected chi connectivity index (χ1v) is 10.8. The standard InChI is InChI=1S/C19H23N3O6S/c1-13-11-17(13)18-7-5-15(28-18)6-8-19(23)20-9-10-21-29(26,27)16-4-2-3-14(12-16)22(24)25/h2-5,7,12-13,17,21H,6,8-11H2,1H3,(H,20,23). The van der Waals surface area contributed by atoms with E-state index in [1.165, 1.54) is 18.2 Å². The Morgan fingerprint density at radius 2 is 2.03 bits per heavy atom. The van der Waals surface area contributed by atoms with Crippen LogP contribution in [-0.4, -0.2) is 32.3 Å². The molecular weight excluding hydrogens is 398 g/mol. The van der Waals surface area contributed by atoms with Gasteiger partial charge in [0.05, 0.1) is 9.82 Å². The van der Waals surface area contributed by atoms with Crippen LogP contribution >= 0.6 is 0 Å². The van der Waals surface area contributed by atoms with Crippen molar-refractivity contribution in [1.82, 2.24) is 10.0 Å². The van der Waals surface area contributed by atoms with Crippen molar-refractivity contribution in [2.75, 3.05) is 13.1 Å². The molecule has 1 aromatic heterocycles. The molecule has 29 heavy (non-hydrogen) atoms. The van der Waals surface area contributed by atoms with Crippen molar-refractivity contribution in [3.05, 3.63) is 58.0 Å². The third kappa shape index (κ3) is 5.64. The van der Waals surface area contributed by atoms with Crippen molar-refractivity contribution in [3.8, 4) is 0 Å². The molecule has 1 aliphatic rings. The molecule has 2 aromatic rings. The third-order valence-electron chi connectivity index (χ3n) is 4.83. The Hall–Kier alpha value is -2.72. The average Bonchev–Trinajstić information content (AvgIpc) is 3.23. The second-order valence-corrected chi connectivity index (χ2v) is 8.89. The van der Waals surface area contributed by atoms with E-state index < -0.39 is 14.9 Å². The summed E-state index contributed by atoms with van der Waals surface area (Å²) in [5.41, 5.74) is -0.307. The third-order valence-corrected chi connectivity index (χ3v) is 6.29. The van der Waals surface area contributed by atoms with Gasteiger partial charge in [0.25, 0.3) is 5.69 Å². The minimum absolute atomic E-state index is 0.0266. The number of aryl methyl sites for hydroxylation is 1. The van der Waals surface area contributed by atoms with Crippen molar-refractivity contribution in [3.63, 3.8) is 0 Å². The molecule has 1 amide bonds. The Balaban J connectivity index is 1.39. The van der Waals surface area contributed by atoms with Crippen LogP contribution in [0.2, 0.25) is 0 Å². The van der Waals surface area contributed by atoms with Crippen molar-refractivity contribution >= 4 is 21.6 Å². The number of carbonyl (C=O) groups is 1. The van der Waals surface area contributed by atoms with E-state index in [0.29, 0.717) is 18.3 Å². The van der Waals surface area contributed by atoms with Crippen LogP contribution in [0.15, 0.2) is 45.7 Å². The van der Waals surface area contributed by atoms with Crippen molar-refractivity contribution < 1.29 is 22.6 Å². The fourth-order valence-corrected chi connectivity index (χ4v) is 4.08. The number of furan rings is 1. The van der Waals surface area contributed by atoms with Crippen molar-refractivity contribution in [1.29, 1.82) is 0 Å². The second-order valence-electron chi connectivity index (χ2n) is 7.13. The van der Waals surface area contributed by atoms with Crippen LogP contribution < -0.4 is 10.0 Å². The highest BCUT2D eigenvalue weighted by Gasteiger charge is 2.36. The smallest absolute Gasteiger partial charge is 0.270 e. The summed E-state index contributed by atoms with van der Waals surface area (Å²) in [4.78, 5) is 21.8. The molecule has 0 spiro atoms. The predicted molar refractivity (Wildman–Crippen MR) is 105 cm³/mol. The Kier molecular flexibility index (Phi) is 6.33. The van der Waals surface area contributed by atoms with E-state index in [-0.39, 0.29) is 36.0 Å². The van der Waals surface area contributed by atoms with Gasteiger partial charge in [-0.3, -0.25) is 14.9 Å². The van der Waals surface area contributed by atoms with Crippen LogP contribution in [0.1, 0.15) is 37.2 Å². The van der Waals surface area contributed by atoms with E-state index in [1.807, 2.05) is 12.1 Å². The Bertz CT molecular complexity index is 1000. The zero-order valence-electron chi connectivity index (χ0n) is 16.0. The normalized spacial score (nSPS) is 18.4. The number of nitro benzene ring substituents is 1. The molecule has 0 bridgehead atoms. The van der Waals surface area contributed by atoms with Crippen LogP contribution in [0, 0.1) is 16.0 Å². The zero-order valence-corrected chi connectivity index (χ0v) is 16.8. The molecule has 0 saturated heterocycles. The number of amides is 1. The van der Waals surface area contributed by atoms with Crippen LogP contribution in [-0.2, 0) is 21.2 Å². The summed E-state index contributed by atoms with van der Waals surface area (Å²) in [6.07, 6.45) is 1.86. The lowest BCUT2D eigenvalue weighted by molar-refractivity contribution is -0.385. The molecule has 1 aliphatic carbocycles. The van der Waals surface area contributed by atoms with E-state index >= 15 is 0 Å². The number of rotatable bonds is 10. The number of carbonyl (C=O) groups excluding carboxylic acids is 1. The summed E-state index contributed by atoms with van der Waals surface area (Å²) >= 11 is 0. The van der Waals surface area contributed by atoms with Gasteiger partial charge in [-0.2, -0.15) is 0 Å². The molecule has 0 aliphatic heterocycles. The van der Waals surface area contributed by atoms with Crippen LogP contribution in [0.5, 0.6) is 0 Å². The lowest BCUT2D eigenvalue weighted by Crippen LogP contribution is -2.34. The highest BCUT2D eigenvalue weighted by molar-refractivity contribution is 7.89. The number of sulfonamides is 1. The van der Waals surface area contributed by atoms with E-state index in [0.717, 1.165) is 24.0 Å². The summed E-state index contributed by atoms with van der Waals surface area (Å²) in [5, 5.41) is 13.4. The maximum absolute atomic E-state index is 12.2. The molecule has 9 nitrogen and oxygen atoms in total. The molecule has 2 N–H and O–H groups in total. The molecule has 1 fully saturated rings. The van der Waals surface area contributed by atoms with Gasteiger partial charge in [0.15, 0.2) is 0 Å². The number of benzene rings is 1. The van der Waals surface area contributed by atoms with Gasteiger partial charge in [0.1, 0.15) is 11.5 Å². The summed E-state index contributed by atoms with van der Waals surface area (Å²) in [6, 6.07) is 8.63. The SMILES string of the molecule is CC1CC1c1ccc(CCC(=O)NCCNS(=O)(=O)c2cccc([N+](=O)[O-])c2)o1. The van der Waals surface area contributed by atoms with E-state index in [9.17, 15) is 23.3 Å². The highest BCUT2D eigenvalue weighted by atomic mass is 32.2. The summed E-state index contributed by atoms with van der Waals surface area (Å²) in [5.74, 6) is 2.68. The molecule has 1 saturated carbocycles. The van der Waals surface area contributed by atoms with Crippen LogP contribution in [0.3, 0.4) is 0 Å². The Morgan fingerprint density at radius 1 is 1.28 bits per heavy atom. The van der Waals surface area contributed by atoms with Gasteiger partial charge in [0.2, 0.25) is 15.9 Å². The number of nitro groups is 1. The van der Waals surface area contributed by atoms with Crippen molar-refractivity contribution in [2.45, 2.75) is 37.0 Å². The lowest BCUT2D eigenvalue weighted by atomic mass is 10.2. The average molecular weight is 421 g/mol. The fourth-order valence-electron chi connectivity index (χ4n) is 3.01. The lowest BCUT2D eigenvalue weighted by Gasteiger charge is -2.08. The minimum Gasteiger partial charge on any atom is -0.466 e. The van der Waals surface area contributed by atoms with Crippen LogP contribution in [0.25, 0.3) is 0 Å². The molecular formula is C19H23N3O6S. The van der Waals surface area contributed by atoms with Crippen LogP contribution in [0.4, 0.5) is 5.69 Å². The second kappa shape index (κ2) is 8.75. The number of nitrogens with one attached hydrogen (secondary N) is 2. The number of hydrogen-bond donors (Lipinski definition) is 2. The van der Waals surface area contributed by atoms with E-state index in [2.05, 4.69) is 17.0 Å². The Morgan fingerprint density at radius 3 is 2.72 bits per heavy atom. The quantitative estimate of drug-likeness (QED) is 0.344. The molecule has 0 radical (unpaired) electrons. The first-order valence-electron chi connectivity index (χ1n) is 9.35.